The van der Waals surface area contributed by atoms with Crippen molar-refractivity contribution in [1.82, 2.24) is 5.01 Å². The van der Waals surface area contributed by atoms with Gasteiger partial charge >= 0.3 is 0 Å². The first-order valence-corrected chi connectivity index (χ1v) is 6.08. The van der Waals surface area contributed by atoms with Crippen molar-refractivity contribution in [2.75, 3.05) is 18.9 Å². The topological polar surface area (TPSA) is 110 Å². The van der Waals surface area contributed by atoms with E-state index in [4.69, 9.17) is 17.3 Å². The zero-order valence-corrected chi connectivity index (χ0v) is 11.7. The Hall–Kier alpha value is -2.05. The maximum Gasteiger partial charge on any atom is 0.238 e. The number of carbonyl (C=O) groups excluding carboxylic acids is 1. The van der Waals surface area contributed by atoms with Gasteiger partial charge in [0.15, 0.2) is 0 Å². The highest BCUT2D eigenvalue weighted by Gasteiger charge is 2.07. The van der Waals surface area contributed by atoms with Gasteiger partial charge in [-0.2, -0.15) is 0 Å². The zero-order chi connectivity index (χ0) is 14.8. The summed E-state index contributed by atoms with van der Waals surface area (Å²) in [6, 6.07) is 7.17. The van der Waals surface area contributed by atoms with E-state index in [9.17, 15) is 4.79 Å². The second kappa shape index (κ2) is 8.96. The first-order valence-electron chi connectivity index (χ1n) is 6.08. The summed E-state index contributed by atoms with van der Waals surface area (Å²) in [5, 5.41) is 4.01. The number of hydrogen-bond donors (Lipinski definition) is 4. The van der Waals surface area contributed by atoms with E-state index in [1.54, 1.807) is 31.4 Å². The monoisotopic (exact) mass is 265 g/mol. The third-order valence-corrected chi connectivity index (χ3v) is 2.04. The molecule has 0 heterocycles. The van der Waals surface area contributed by atoms with Crippen LogP contribution in [0.2, 0.25) is 0 Å². The average molecular weight is 265 g/mol. The van der Waals surface area contributed by atoms with Crippen molar-refractivity contribution in [1.29, 1.82) is 0 Å². The first-order chi connectivity index (χ1) is 9.04. The van der Waals surface area contributed by atoms with E-state index in [0.29, 0.717) is 16.9 Å². The largest absolute Gasteiger partial charge is 0.397 e. The Bertz CT molecular complexity index is 429. The minimum absolute atomic E-state index is 0.0747. The summed E-state index contributed by atoms with van der Waals surface area (Å²) in [7, 11) is 1.66. The molecule has 106 valence electrons. The van der Waals surface area contributed by atoms with E-state index in [0.717, 1.165) is 0 Å². The number of hydrogen-bond acceptors (Lipinski definition) is 5. The predicted molar refractivity (Wildman–Crippen MR) is 79.6 cm³/mol. The smallest absolute Gasteiger partial charge is 0.238 e. The van der Waals surface area contributed by atoms with Crippen LogP contribution in [0.1, 0.15) is 19.4 Å². The molecule has 0 unspecified atom stereocenters. The lowest BCUT2D eigenvalue weighted by Gasteiger charge is -2.12. The molecule has 0 aliphatic rings. The van der Waals surface area contributed by atoms with Gasteiger partial charge in [-0.1, -0.05) is 32.0 Å². The molecule has 7 N–H and O–H groups in total. The van der Waals surface area contributed by atoms with Crippen LogP contribution in [0.4, 0.5) is 5.69 Å². The Morgan fingerprint density at radius 1 is 1.37 bits per heavy atom. The maximum atomic E-state index is 11.2. The van der Waals surface area contributed by atoms with Crippen molar-refractivity contribution in [2.45, 2.75) is 13.8 Å². The predicted octanol–water partition coefficient (Wildman–Crippen LogP) is 0.673. The van der Waals surface area contributed by atoms with Crippen LogP contribution in [0.15, 0.2) is 30.5 Å². The highest BCUT2D eigenvalue weighted by Crippen LogP contribution is 2.20. The van der Waals surface area contributed by atoms with Crippen LogP contribution in [-0.2, 0) is 4.79 Å². The molecule has 0 aromatic heterocycles. The van der Waals surface area contributed by atoms with Crippen LogP contribution in [0, 0.1) is 0 Å². The summed E-state index contributed by atoms with van der Waals surface area (Å²) in [4.78, 5) is 11.2. The highest BCUT2D eigenvalue weighted by atomic mass is 16.1. The summed E-state index contributed by atoms with van der Waals surface area (Å²) >= 11 is 0. The van der Waals surface area contributed by atoms with Crippen LogP contribution < -0.4 is 22.6 Å². The van der Waals surface area contributed by atoms with Crippen LogP contribution in [0.3, 0.4) is 0 Å². The summed E-state index contributed by atoms with van der Waals surface area (Å²) in [6.45, 7) is 3.93. The standard InChI is InChI=1S/C11H17N5O.C2H6/c1-16(14)7-9(13)8-4-2-3-5-10(8)15-11(17)6-12;1-2/h2-5,7H,6,12-14H2,1H3,(H,15,17);1-2H3/b9-7-;. The molecule has 0 aliphatic heterocycles. The van der Waals surface area contributed by atoms with Gasteiger partial charge in [0.2, 0.25) is 5.91 Å². The van der Waals surface area contributed by atoms with Gasteiger partial charge in [-0.3, -0.25) is 4.79 Å². The van der Waals surface area contributed by atoms with Crippen LogP contribution in [0.25, 0.3) is 5.70 Å². The molecule has 1 rings (SSSR count). The number of amides is 1. The summed E-state index contributed by atoms with van der Waals surface area (Å²) in [6.07, 6.45) is 1.56. The quantitative estimate of drug-likeness (QED) is 0.472. The molecule has 0 aliphatic carbocycles. The lowest BCUT2D eigenvalue weighted by molar-refractivity contribution is -0.114. The second-order valence-corrected chi connectivity index (χ2v) is 3.55. The van der Waals surface area contributed by atoms with E-state index in [2.05, 4.69) is 5.32 Å². The highest BCUT2D eigenvalue weighted by molar-refractivity contribution is 5.95. The van der Waals surface area contributed by atoms with Crippen molar-refractivity contribution in [2.24, 2.45) is 17.3 Å². The minimum atomic E-state index is -0.272. The molecule has 1 aromatic rings. The lowest BCUT2D eigenvalue weighted by atomic mass is 10.1. The van der Waals surface area contributed by atoms with E-state index in [1.165, 1.54) is 5.01 Å². The molecule has 0 fully saturated rings. The molecule has 0 bridgehead atoms. The number of nitrogens with one attached hydrogen (secondary N) is 1. The normalized spacial score (nSPS) is 10.3. The molecule has 0 saturated heterocycles. The van der Waals surface area contributed by atoms with Crippen molar-refractivity contribution in [3.63, 3.8) is 0 Å². The molecule has 0 radical (unpaired) electrons. The molecule has 0 spiro atoms. The maximum absolute atomic E-state index is 11.2. The van der Waals surface area contributed by atoms with E-state index in [1.807, 2.05) is 19.9 Å². The molecular formula is C13H23N5O. The van der Waals surface area contributed by atoms with Gasteiger partial charge < -0.3 is 21.8 Å². The lowest BCUT2D eigenvalue weighted by Crippen LogP contribution is -2.23. The molecule has 6 heteroatoms. The van der Waals surface area contributed by atoms with Gasteiger partial charge in [0.05, 0.1) is 17.9 Å². The zero-order valence-electron chi connectivity index (χ0n) is 11.7. The van der Waals surface area contributed by atoms with E-state index < -0.39 is 0 Å². The van der Waals surface area contributed by atoms with Crippen molar-refractivity contribution >= 4 is 17.3 Å². The molecule has 0 atom stereocenters. The Morgan fingerprint density at radius 3 is 2.47 bits per heavy atom. The molecular weight excluding hydrogens is 242 g/mol. The Balaban J connectivity index is 0.00000154. The first kappa shape index (κ1) is 16.9. The third kappa shape index (κ3) is 5.89. The van der Waals surface area contributed by atoms with Gasteiger partial charge in [-0.15, -0.1) is 0 Å². The Labute approximate surface area is 114 Å². The average Bonchev–Trinajstić information content (AvgIpc) is 2.40. The van der Waals surface area contributed by atoms with Crippen molar-refractivity contribution < 1.29 is 4.79 Å². The molecule has 1 amide bonds. The Kier molecular flexibility index (Phi) is 7.99. The minimum Gasteiger partial charge on any atom is -0.397 e. The fourth-order valence-corrected chi connectivity index (χ4v) is 1.33. The summed E-state index contributed by atoms with van der Waals surface area (Å²) in [5.74, 6) is 5.21. The molecule has 19 heavy (non-hydrogen) atoms. The number of nitrogens with zero attached hydrogens (tertiary/aromatic N) is 1. The SMILES string of the molecule is CC.CN(N)/C=C(\N)c1ccccc1NC(=O)CN. The van der Waals surface area contributed by atoms with Gasteiger partial charge in [-0.05, 0) is 6.07 Å². The van der Waals surface area contributed by atoms with E-state index in [-0.39, 0.29) is 12.5 Å². The number of anilines is 1. The second-order valence-electron chi connectivity index (χ2n) is 3.55. The van der Waals surface area contributed by atoms with Gasteiger partial charge in [0.1, 0.15) is 0 Å². The van der Waals surface area contributed by atoms with Crippen LogP contribution in [0.5, 0.6) is 0 Å². The van der Waals surface area contributed by atoms with Gasteiger partial charge in [-0.25, -0.2) is 5.84 Å². The van der Waals surface area contributed by atoms with Crippen molar-refractivity contribution in [3.05, 3.63) is 36.0 Å². The Morgan fingerprint density at radius 2 is 1.95 bits per heavy atom. The summed E-state index contributed by atoms with van der Waals surface area (Å²) in [5.41, 5.74) is 12.9. The number of carbonyl (C=O) groups is 1. The van der Waals surface area contributed by atoms with Gasteiger partial charge in [0, 0.05) is 18.8 Å². The van der Waals surface area contributed by atoms with Crippen molar-refractivity contribution in [3.8, 4) is 0 Å². The third-order valence-electron chi connectivity index (χ3n) is 2.04. The number of rotatable bonds is 4. The fourth-order valence-electron chi connectivity index (χ4n) is 1.33. The number of hydrazine groups is 1. The van der Waals surface area contributed by atoms with Crippen LogP contribution >= 0.6 is 0 Å². The fraction of sp³-hybridized carbons (Fsp3) is 0.308. The van der Waals surface area contributed by atoms with Crippen LogP contribution in [-0.4, -0.2) is 24.5 Å². The van der Waals surface area contributed by atoms with E-state index >= 15 is 0 Å². The molecule has 1 aromatic carbocycles. The number of benzene rings is 1. The molecule has 0 saturated carbocycles. The number of nitrogens with two attached hydrogens (primary N) is 3. The molecule has 6 nitrogen and oxygen atoms in total. The van der Waals surface area contributed by atoms with Gasteiger partial charge in [0.25, 0.3) is 0 Å². The summed E-state index contributed by atoms with van der Waals surface area (Å²) < 4.78 is 0. The number of para-hydroxylation sites is 1.